The lowest BCUT2D eigenvalue weighted by molar-refractivity contribution is 0.502. The van der Waals surface area contributed by atoms with Gasteiger partial charge in [0.05, 0.1) is 0 Å². The van der Waals surface area contributed by atoms with Gasteiger partial charge in [-0.3, -0.25) is 0 Å². The van der Waals surface area contributed by atoms with Crippen molar-refractivity contribution in [2.75, 3.05) is 28.2 Å². The van der Waals surface area contributed by atoms with Gasteiger partial charge >= 0.3 is 0 Å². The predicted octanol–water partition coefficient (Wildman–Crippen LogP) is 0.907. The minimum atomic E-state index is -1.45. The van der Waals surface area contributed by atoms with Crippen LogP contribution in [0.15, 0.2) is 12.3 Å². The molecule has 0 aromatic rings. The van der Waals surface area contributed by atoms with Gasteiger partial charge in [0, 0.05) is 0 Å². The highest BCUT2D eigenvalue weighted by atomic mass is 28.3. The molecule has 0 aliphatic carbocycles. The van der Waals surface area contributed by atoms with Crippen LogP contribution in [0.5, 0.6) is 0 Å². The number of nitrogens with zero attached hydrogens (tertiary/aromatic N) is 2. The summed E-state index contributed by atoms with van der Waals surface area (Å²) in [6.07, 6.45) is 0. The summed E-state index contributed by atoms with van der Waals surface area (Å²) in [5, 5.41) is 0. The van der Waals surface area contributed by atoms with Gasteiger partial charge in [-0.05, 0) is 34.7 Å². The van der Waals surface area contributed by atoms with Crippen LogP contribution < -0.4 is 0 Å². The van der Waals surface area contributed by atoms with E-state index in [-0.39, 0.29) is 0 Å². The minimum absolute atomic E-state index is 1.45. The monoisotopic (exact) mass is 158 g/mol. The first-order valence-corrected chi connectivity index (χ1v) is 5.90. The fourth-order valence-electron chi connectivity index (χ4n) is 0.765. The van der Waals surface area contributed by atoms with Crippen molar-refractivity contribution in [3.8, 4) is 0 Å². The van der Waals surface area contributed by atoms with Crippen molar-refractivity contribution in [1.29, 1.82) is 0 Å². The van der Waals surface area contributed by atoms with Gasteiger partial charge in [-0.15, -0.1) is 6.58 Å². The van der Waals surface area contributed by atoms with Crippen LogP contribution in [0.1, 0.15) is 0 Å². The van der Waals surface area contributed by atoms with Crippen molar-refractivity contribution < 1.29 is 0 Å². The lowest BCUT2D eigenvalue weighted by Gasteiger charge is -2.36. The topological polar surface area (TPSA) is 6.48 Å². The van der Waals surface area contributed by atoms with Crippen LogP contribution >= 0.6 is 0 Å². The van der Waals surface area contributed by atoms with Crippen LogP contribution in [0.2, 0.25) is 6.55 Å². The molecule has 60 valence electrons. The van der Waals surface area contributed by atoms with Crippen LogP contribution in [-0.2, 0) is 0 Å². The van der Waals surface area contributed by atoms with E-state index in [9.17, 15) is 0 Å². The van der Waals surface area contributed by atoms with Crippen LogP contribution in [0.3, 0.4) is 0 Å². The van der Waals surface area contributed by atoms with Gasteiger partial charge in [-0.2, -0.15) is 0 Å². The third kappa shape index (κ3) is 1.68. The maximum atomic E-state index is 3.85. The summed E-state index contributed by atoms with van der Waals surface area (Å²) in [6.45, 7) is 6.12. The predicted molar refractivity (Wildman–Crippen MR) is 49.2 cm³/mol. The van der Waals surface area contributed by atoms with Gasteiger partial charge in [0.2, 0.25) is 8.40 Å². The van der Waals surface area contributed by atoms with E-state index in [1.54, 1.807) is 0 Å². The molecule has 0 heterocycles. The lowest BCUT2D eigenvalue weighted by atomic mass is 11.2. The van der Waals surface area contributed by atoms with Crippen molar-refractivity contribution in [2.24, 2.45) is 0 Å². The zero-order valence-corrected chi connectivity index (χ0v) is 8.68. The van der Waals surface area contributed by atoms with E-state index in [0.717, 1.165) is 0 Å². The van der Waals surface area contributed by atoms with Crippen molar-refractivity contribution in [3.05, 3.63) is 12.3 Å². The molecule has 0 fully saturated rings. The molecule has 0 saturated heterocycles. The molecule has 0 N–H and O–H groups in total. The second kappa shape index (κ2) is 3.32. The van der Waals surface area contributed by atoms with Crippen molar-refractivity contribution >= 4 is 8.40 Å². The summed E-state index contributed by atoms with van der Waals surface area (Å²) in [6, 6.07) is 0. The molecule has 0 aliphatic rings. The van der Waals surface area contributed by atoms with E-state index >= 15 is 0 Å². The molecule has 0 aromatic carbocycles. The van der Waals surface area contributed by atoms with E-state index in [4.69, 9.17) is 0 Å². The van der Waals surface area contributed by atoms with E-state index in [0.29, 0.717) is 0 Å². The largest absolute Gasteiger partial charge is 0.314 e. The Morgan fingerprint density at radius 3 is 1.40 bits per heavy atom. The average Bonchev–Trinajstić information content (AvgIpc) is 1.85. The molecule has 2 nitrogen and oxygen atoms in total. The highest BCUT2D eigenvalue weighted by Gasteiger charge is 2.29. The summed E-state index contributed by atoms with van der Waals surface area (Å²) >= 11 is 0. The van der Waals surface area contributed by atoms with Gasteiger partial charge in [0.15, 0.2) is 0 Å². The number of rotatable bonds is 3. The molecule has 0 radical (unpaired) electrons. The Balaban J connectivity index is 4.38. The molecule has 10 heavy (non-hydrogen) atoms. The number of hydrogen-bond donors (Lipinski definition) is 0. The molecule has 0 amide bonds. The van der Waals surface area contributed by atoms with Crippen LogP contribution in [-0.4, -0.2) is 45.7 Å². The molecule has 0 unspecified atom stereocenters. The third-order valence-corrected chi connectivity index (χ3v) is 6.59. The Bertz CT molecular complexity index is 113. The molecule has 0 rings (SSSR count). The molecule has 0 spiro atoms. The van der Waals surface area contributed by atoms with Crippen molar-refractivity contribution in [2.45, 2.75) is 6.55 Å². The normalized spacial score (nSPS) is 12.7. The zero-order valence-electron chi connectivity index (χ0n) is 7.68. The standard InChI is InChI=1S/C7H18N2Si/c1-7-10(6,8(2)3)9(4)5/h7H,1H2,2-6H3. The first-order chi connectivity index (χ1) is 4.45. The fourth-order valence-corrected chi connectivity index (χ4v) is 2.30. The first kappa shape index (κ1) is 9.88. The Morgan fingerprint density at radius 2 is 1.40 bits per heavy atom. The average molecular weight is 158 g/mol. The van der Waals surface area contributed by atoms with E-state index in [1.165, 1.54) is 0 Å². The molecule has 0 aromatic heterocycles. The Labute approximate surface area is 65.3 Å². The molecule has 0 atom stereocenters. The first-order valence-electron chi connectivity index (χ1n) is 3.43. The molecule has 0 saturated carbocycles. The Kier molecular flexibility index (Phi) is 3.28. The summed E-state index contributed by atoms with van der Waals surface area (Å²) < 4.78 is 4.53. The fraction of sp³-hybridized carbons (Fsp3) is 0.714. The van der Waals surface area contributed by atoms with Gasteiger partial charge < -0.3 is 9.13 Å². The highest BCUT2D eigenvalue weighted by molar-refractivity contribution is 6.77. The lowest BCUT2D eigenvalue weighted by Crippen LogP contribution is -2.56. The Hall–Kier alpha value is -0.123. The quantitative estimate of drug-likeness (QED) is 0.563. The van der Waals surface area contributed by atoms with Crippen LogP contribution in [0.4, 0.5) is 0 Å². The van der Waals surface area contributed by atoms with Gasteiger partial charge in [0.1, 0.15) is 0 Å². The number of hydrogen-bond acceptors (Lipinski definition) is 2. The zero-order chi connectivity index (χ0) is 8.36. The molecular weight excluding hydrogens is 140 g/mol. The molecular formula is C7H18N2Si. The summed E-state index contributed by atoms with van der Waals surface area (Å²) in [4.78, 5) is 0. The molecule has 0 aliphatic heterocycles. The molecule has 0 bridgehead atoms. The van der Waals surface area contributed by atoms with E-state index < -0.39 is 8.40 Å². The smallest absolute Gasteiger partial charge is 0.227 e. The van der Waals surface area contributed by atoms with Gasteiger partial charge in [0.25, 0.3) is 0 Å². The third-order valence-electron chi connectivity index (χ3n) is 2.20. The summed E-state index contributed by atoms with van der Waals surface area (Å²) in [5.41, 5.74) is 2.08. The van der Waals surface area contributed by atoms with Crippen molar-refractivity contribution in [1.82, 2.24) is 9.13 Å². The summed E-state index contributed by atoms with van der Waals surface area (Å²) in [7, 11) is 6.97. The minimum Gasteiger partial charge on any atom is -0.314 e. The second-order valence-corrected chi connectivity index (χ2v) is 7.47. The van der Waals surface area contributed by atoms with Crippen LogP contribution in [0, 0.1) is 0 Å². The SMILES string of the molecule is C=C[Si](C)(N(C)C)N(C)C. The maximum Gasteiger partial charge on any atom is 0.227 e. The second-order valence-electron chi connectivity index (χ2n) is 3.09. The van der Waals surface area contributed by atoms with Crippen molar-refractivity contribution in [3.63, 3.8) is 0 Å². The van der Waals surface area contributed by atoms with E-state index in [1.807, 2.05) is 0 Å². The van der Waals surface area contributed by atoms with Crippen LogP contribution in [0.25, 0.3) is 0 Å². The maximum absolute atomic E-state index is 3.85. The highest BCUT2D eigenvalue weighted by Crippen LogP contribution is 2.08. The Morgan fingerprint density at radius 1 is 1.10 bits per heavy atom. The van der Waals surface area contributed by atoms with Gasteiger partial charge in [-0.25, -0.2) is 0 Å². The molecule has 3 heteroatoms. The summed E-state index contributed by atoms with van der Waals surface area (Å²) in [5.74, 6) is 0. The van der Waals surface area contributed by atoms with Gasteiger partial charge in [-0.1, -0.05) is 5.70 Å². The van der Waals surface area contributed by atoms with E-state index in [2.05, 4.69) is 56.1 Å².